The van der Waals surface area contributed by atoms with Crippen molar-refractivity contribution in [2.75, 3.05) is 12.3 Å². The highest BCUT2D eigenvalue weighted by atomic mass is 32.2. The van der Waals surface area contributed by atoms with Gasteiger partial charge in [0.2, 0.25) is 0 Å². The summed E-state index contributed by atoms with van der Waals surface area (Å²) in [6.45, 7) is 8.41. The third-order valence-electron chi connectivity index (χ3n) is 2.42. The van der Waals surface area contributed by atoms with Gasteiger partial charge in [0.15, 0.2) is 0 Å². The van der Waals surface area contributed by atoms with Gasteiger partial charge in [-0.3, -0.25) is 4.68 Å². The van der Waals surface area contributed by atoms with Crippen molar-refractivity contribution in [2.24, 2.45) is 0 Å². The van der Waals surface area contributed by atoms with Crippen molar-refractivity contribution in [1.82, 2.24) is 9.78 Å². The summed E-state index contributed by atoms with van der Waals surface area (Å²) in [6, 6.07) is 0.305. The molecule has 0 aliphatic heterocycles. The third-order valence-corrected chi connectivity index (χ3v) is 3.69. The monoisotopic (exact) mass is 243 g/mol. The first-order chi connectivity index (χ1) is 7.47. The fraction of sp³-hybridized carbons (Fsp3) is 0.727. The van der Waals surface area contributed by atoms with E-state index in [4.69, 9.17) is 10.8 Å². The van der Waals surface area contributed by atoms with Crippen LogP contribution in [-0.2, 0) is 0 Å². The van der Waals surface area contributed by atoms with Gasteiger partial charge in [-0.1, -0.05) is 6.92 Å². The standard InChI is InChI=1S/C11H21N3OS/c1-7(2)14-11(10(12)9(4)13-14)16-8(3)5-6-15/h7-8,15H,5-6,12H2,1-4H3. The first kappa shape index (κ1) is 13.4. The molecule has 0 radical (unpaired) electrons. The second-order valence-electron chi connectivity index (χ2n) is 4.28. The summed E-state index contributed by atoms with van der Waals surface area (Å²) in [4.78, 5) is 0. The predicted octanol–water partition coefficient (Wildman–Crippen LogP) is 2.22. The van der Waals surface area contributed by atoms with Crippen LogP contribution < -0.4 is 5.73 Å². The lowest BCUT2D eigenvalue weighted by molar-refractivity contribution is 0.289. The van der Waals surface area contributed by atoms with E-state index >= 15 is 0 Å². The predicted molar refractivity (Wildman–Crippen MR) is 68.8 cm³/mol. The van der Waals surface area contributed by atoms with Gasteiger partial charge in [0.1, 0.15) is 5.03 Å². The van der Waals surface area contributed by atoms with Gasteiger partial charge in [-0.25, -0.2) is 0 Å². The summed E-state index contributed by atoms with van der Waals surface area (Å²) in [5, 5.41) is 14.7. The Kier molecular flexibility index (Phi) is 4.68. The molecular formula is C11H21N3OS. The molecule has 1 unspecified atom stereocenters. The molecule has 1 aromatic heterocycles. The highest BCUT2D eigenvalue weighted by Gasteiger charge is 2.17. The minimum absolute atomic E-state index is 0.211. The molecule has 5 heteroatoms. The van der Waals surface area contributed by atoms with Gasteiger partial charge in [0, 0.05) is 17.9 Å². The lowest BCUT2D eigenvalue weighted by Crippen LogP contribution is -2.08. The molecule has 1 heterocycles. The van der Waals surface area contributed by atoms with Crippen molar-refractivity contribution in [3.8, 4) is 0 Å². The Morgan fingerprint density at radius 3 is 2.56 bits per heavy atom. The molecule has 1 aromatic rings. The van der Waals surface area contributed by atoms with Gasteiger partial charge in [0.25, 0.3) is 0 Å². The van der Waals surface area contributed by atoms with Gasteiger partial charge in [-0.05, 0) is 27.2 Å². The van der Waals surface area contributed by atoms with Gasteiger partial charge in [-0.15, -0.1) is 11.8 Å². The summed E-state index contributed by atoms with van der Waals surface area (Å²) in [7, 11) is 0. The maximum Gasteiger partial charge on any atom is 0.118 e. The van der Waals surface area contributed by atoms with Crippen molar-refractivity contribution < 1.29 is 5.11 Å². The Morgan fingerprint density at radius 1 is 1.44 bits per heavy atom. The number of aryl methyl sites for hydroxylation is 1. The first-order valence-corrected chi connectivity index (χ1v) is 6.47. The topological polar surface area (TPSA) is 64.1 Å². The molecule has 1 rings (SSSR count). The minimum atomic E-state index is 0.211. The number of aromatic nitrogens is 2. The van der Waals surface area contributed by atoms with E-state index in [9.17, 15) is 0 Å². The van der Waals surface area contributed by atoms with E-state index in [0.29, 0.717) is 11.3 Å². The van der Waals surface area contributed by atoms with E-state index in [-0.39, 0.29) is 6.61 Å². The van der Waals surface area contributed by atoms with Crippen molar-refractivity contribution in [2.45, 2.75) is 50.4 Å². The van der Waals surface area contributed by atoms with E-state index < -0.39 is 0 Å². The number of thioether (sulfide) groups is 1. The van der Waals surface area contributed by atoms with Crippen LogP contribution in [0.4, 0.5) is 5.69 Å². The fourth-order valence-corrected chi connectivity index (χ4v) is 2.68. The summed E-state index contributed by atoms with van der Waals surface area (Å²) >= 11 is 1.69. The zero-order chi connectivity index (χ0) is 12.3. The Morgan fingerprint density at radius 2 is 2.06 bits per heavy atom. The van der Waals surface area contributed by atoms with Crippen molar-refractivity contribution >= 4 is 17.4 Å². The van der Waals surface area contributed by atoms with Gasteiger partial charge >= 0.3 is 0 Å². The second-order valence-corrected chi connectivity index (χ2v) is 5.71. The molecule has 3 N–H and O–H groups in total. The number of rotatable bonds is 5. The number of anilines is 1. The molecule has 0 aliphatic rings. The van der Waals surface area contributed by atoms with E-state index in [0.717, 1.165) is 22.8 Å². The van der Waals surface area contributed by atoms with Crippen molar-refractivity contribution in [3.05, 3.63) is 5.69 Å². The van der Waals surface area contributed by atoms with Crippen LogP contribution in [0.3, 0.4) is 0 Å². The molecule has 0 spiro atoms. The van der Waals surface area contributed by atoms with Crippen LogP contribution in [0, 0.1) is 6.92 Å². The number of nitrogens with two attached hydrogens (primary N) is 1. The summed E-state index contributed by atoms with van der Waals surface area (Å²) in [5.41, 5.74) is 7.67. The molecule has 0 saturated heterocycles. The van der Waals surface area contributed by atoms with Crippen LogP contribution in [0.15, 0.2) is 5.03 Å². The molecule has 0 saturated carbocycles. The zero-order valence-corrected chi connectivity index (χ0v) is 11.2. The van der Waals surface area contributed by atoms with Gasteiger partial charge < -0.3 is 10.8 Å². The number of hydrogen-bond acceptors (Lipinski definition) is 4. The van der Waals surface area contributed by atoms with Crippen LogP contribution >= 0.6 is 11.8 Å². The Bertz CT molecular complexity index is 349. The largest absolute Gasteiger partial charge is 0.396 e. The molecule has 4 nitrogen and oxygen atoms in total. The van der Waals surface area contributed by atoms with Gasteiger partial charge in [-0.2, -0.15) is 5.10 Å². The van der Waals surface area contributed by atoms with Crippen LogP contribution in [0.2, 0.25) is 0 Å². The SMILES string of the molecule is Cc1nn(C(C)C)c(SC(C)CCO)c1N. The van der Waals surface area contributed by atoms with Crippen LogP contribution in [0.5, 0.6) is 0 Å². The number of nitrogen functional groups attached to an aromatic ring is 1. The maximum atomic E-state index is 8.90. The van der Waals surface area contributed by atoms with E-state index in [1.807, 2.05) is 11.6 Å². The molecule has 0 bridgehead atoms. The minimum Gasteiger partial charge on any atom is -0.396 e. The maximum absolute atomic E-state index is 8.90. The lowest BCUT2D eigenvalue weighted by Gasteiger charge is -2.14. The van der Waals surface area contributed by atoms with Crippen molar-refractivity contribution in [3.63, 3.8) is 0 Å². The zero-order valence-electron chi connectivity index (χ0n) is 10.4. The highest BCUT2D eigenvalue weighted by molar-refractivity contribution is 8.00. The number of aliphatic hydroxyl groups excluding tert-OH is 1. The van der Waals surface area contributed by atoms with Crippen molar-refractivity contribution in [1.29, 1.82) is 0 Å². The molecule has 1 atom stereocenters. The molecule has 0 amide bonds. The van der Waals surface area contributed by atoms with Gasteiger partial charge in [0.05, 0.1) is 11.4 Å². The van der Waals surface area contributed by atoms with E-state index in [1.54, 1.807) is 11.8 Å². The fourth-order valence-electron chi connectivity index (χ4n) is 1.44. The highest BCUT2D eigenvalue weighted by Crippen LogP contribution is 2.33. The number of hydrogen-bond donors (Lipinski definition) is 2. The van der Waals surface area contributed by atoms with Crippen LogP contribution in [0.25, 0.3) is 0 Å². The Balaban J connectivity index is 2.92. The number of nitrogens with zero attached hydrogens (tertiary/aromatic N) is 2. The summed E-state index contributed by atoms with van der Waals surface area (Å²) < 4.78 is 1.96. The molecule has 0 aromatic carbocycles. The average Bonchev–Trinajstić information content (AvgIpc) is 2.46. The number of aliphatic hydroxyl groups is 1. The summed E-state index contributed by atoms with van der Waals surface area (Å²) in [5.74, 6) is 0. The Hall–Kier alpha value is -0.680. The lowest BCUT2D eigenvalue weighted by atomic mass is 10.3. The molecule has 0 fully saturated rings. The average molecular weight is 243 g/mol. The normalized spacial score (nSPS) is 13.4. The molecular weight excluding hydrogens is 222 g/mol. The smallest absolute Gasteiger partial charge is 0.118 e. The van der Waals surface area contributed by atoms with Crippen LogP contribution in [0.1, 0.15) is 38.9 Å². The molecule has 16 heavy (non-hydrogen) atoms. The third kappa shape index (κ3) is 2.92. The molecule has 92 valence electrons. The summed E-state index contributed by atoms with van der Waals surface area (Å²) in [6.07, 6.45) is 0.770. The molecule has 0 aliphatic carbocycles. The first-order valence-electron chi connectivity index (χ1n) is 5.59. The quantitative estimate of drug-likeness (QED) is 0.778. The van der Waals surface area contributed by atoms with E-state index in [1.165, 1.54) is 0 Å². The van der Waals surface area contributed by atoms with E-state index in [2.05, 4.69) is 25.9 Å². The Labute approximate surface area is 101 Å². The van der Waals surface area contributed by atoms with Crippen LogP contribution in [-0.4, -0.2) is 26.7 Å². The second kappa shape index (κ2) is 5.59.